The van der Waals surface area contributed by atoms with Crippen LogP contribution < -0.4 is 19.1 Å². The first-order chi connectivity index (χ1) is 8.17. The molecule has 1 aromatic rings. The zero-order chi connectivity index (χ0) is 12.8. The van der Waals surface area contributed by atoms with Gasteiger partial charge in [-0.3, -0.25) is 0 Å². The van der Waals surface area contributed by atoms with E-state index in [1.165, 1.54) is 0 Å². The Morgan fingerprint density at radius 3 is 2.00 bits per heavy atom. The van der Waals surface area contributed by atoms with Gasteiger partial charge < -0.3 is 19.1 Å². The highest BCUT2D eigenvalue weighted by molar-refractivity contribution is 5.63. The van der Waals surface area contributed by atoms with Crippen LogP contribution in [0.25, 0.3) is 0 Å². The van der Waals surface area contributed by atoms with Crippen molar-refractivity contribution in [2.45, 2.75) is 0 Å². The third-order valence-corrected chi connectivity index (χ3v) is 2.42. The summed E-state index contributed by atoms with van der Waals surface area (Å²) in [5, 5.41) is 0. The summed E-state index contributed by atoms with van der Waals surface area (Å²) in [6.45, 7) is 0.513. The normalized spacial score (nSPS) is 9.35. The molecular weight excluding hydrogens is 218 g/mol. The Hall–Kier alpha value is -2.02. The Morgan fingerprint density at radius 2 is 1.65 bits per heavy atom. The van der Waals surface area contributed by atoms with Crippen molar-refractivity contribution in [2.75, 3.05) is 39.8 Å². The highest BCUT2D eigenvalue weighted by Gasteiger charge is 2.14. The molecule has 0 heterocycles. The van der Waals surface area contributed by atoms with Gasteiger partial charge in [-0.25, -0.2) is 0 Å². The van der Waals surface area contributed by atoms with Crippen LogP contribution in [0.1, 0.15) is 0 Å². The second-order valence-corrected chi connectivity index (χ2v) is 3.44. The van der Waals surface area contributed by atoms with Crippen LogP contribution in [0.2, 0.25) is 0 Å². The van der Waals surface area contributed by atoms with Gasteiger partial charge in [0.25, 0.3) is 0 Å². The van der Waals surface area contributed by atoms with E-state index in [0.29, 0.717) is 23.8 Å². The van der Waals surface area contributed by atoms with Gasteiger partial charge in [-0.2, -0.15) is 0 Å². The van der Waals surface area contributed by atoms with Gasteiger partial charge in [0.15, 0.2) is 11.5 Å². The lowest BCUT2D eigenvalue weighted by atomic mass is 10.2. The summed E-state index contributed by atoms with van der Waals surface area (Å²) in [5.74, 6) is 4.39. The molecule has 0 N–H and O–H groups in total. The molecule has 0 fully saturated rings. The Balaban J connectivity index is 3.22. The molecule has 0 aliphatic heterocycles. The average molecular weight is 235 g/mol. The van der Waals surface area contributed by atoms with Gasteiger partial charge in [-0.1, -0.05) is 5.92 Å². The summed E-state index contributed by atoms with van der Waals surface area (Å²) in [6, 6.07) is 3.72. The SMILES string of the molecule is C#CCN(C)c1cc(OC)c(OC)c(OC)c1. The quantitative estimate of drug-likeness (QED) is 0.728. The second kappa shape index (κ2) is 5.90. The summed E-state index contributed by atoms with van der Waals surface area (Å²) in [5.41, 5.74) is 0.914. The summed E-state index contributed by atoms with van der Waals surface area (Å²) in [4.78, 5) is 1.92. The fourth-order valence-electron chi connectivity index (χ4n) is 1.52. The van der Waals surface area contributed by atoms with Gasteiger partial charge in [-0.15, -0.1) is 6.42 Å². The maximum absolute atomic E-state index is 5.29. The van der Waals surface area contributed by atoms with Gasteiger partial charge in [-0.05, 0) is 0 Å². The van der Waals surface area contributed by atoms with Crippen LogP contribution in [0, 0.1) is 12.3 Å². The minimum absolute atomic E-state index is 0.513. The molecule has 0 bridgehead atoms. The monoisotopic (exact) mass is 235 g/mol. The molecule has 0 spiro atoms. The fourth-order valence-corrected chi connectivity index (χ4v) is 1.52. The molecule has 1 aromatic carbocycles. The number of nitrogens with zero attached hydrogens (tertiary/aromatic N) is 1. The molecule has 1 rings (SSSR count). The summed E-state index contributed by atoms with van der Waals surface area (Å²) in [7, 11) is 6.65. The van der Waals surface area contributed by atoms with Crippen molar-refractivity contribution in [1.82, 2.24) is 0 Å². The van der Waals surface area contributed by atoms with Crippen molar-refractivity contribution in [2.24, 2.45) is 0 Å². The molecule has 0 saturated heterocycles. The van der Waals surface area contributed by atoms with E-state index in [9.17, 15) is 0 Å². The topological polar surface area (TPSA) is 30.9 Å². The van der Waals surface area contributed by atoms with Crippen molar-refractivity contribution in [3.05, 3.63) is 12.1 Å². The minimum atomic E-state index is 0.513. The van der Waals surface area contributed by atoms with Crippen molar-refractivity contribution in [3.63, 3.8) is 0 Å². The van der Waals surface area contributed by atoms with Gasteiger partial charge in [0.1, 0.15) is 0 Å². The molecule has 0 radical (unpaired) electrons. The standard InChI is InChI=1S/C13H17NO3/c1-6-7-14(2)10-8-11(15-3)13(17-5)12(9-10)16-4/h1,8-9H,7H2,2-5H3. The predicted molar refractivity (Wildman–Crippen MR) is 68.2 cm³/mol. The van der Waals surface area contributed by atoms with Gasteiger partial charge >= 0.3 is 0 Å². The lowest BCUT2D eigenvalue weighted by molar-refractivity contribution is 0.324. The lowest BCUT2D eigenvalue weighted by Crippen LogP contribution is -2.17. The van der Waals surface area contributed by atoms with Crippen LogP contribution in [-0.2, 0) is 0 Å². The molecule has 4 heteroatoms. The smallest absolute Gasteiger partial charge is 0.203 e. The first-order valence-electron chi connectivity index (χ1n) is 5.12. The number of rotatable bonds is 5. The van der Waals surface area contributed by atoms with E-state index in [1.54, 1.807) is 21.3 Å². The van der Waals surface area contributed by atoms with Crippen LogP contribution in [0.4, 0.5) is 5.69 Å². The number of anilines is 1. The molecule has 0 aromatic heterocycles. The molecule has 0 amide bonds. The Bertz CT molecular complexity index is 398. The molecule has 0 unspecified atom stereocenters. The highest BCUT2D eigenvalue weighted by Crippen LogP contribution is 2.40. The Morgan fingerprint density at radius 1 is 1.12 bits per heavy atom. The van der Waals surface area contributed by atoms with Crippen LogP contribution in [0.5, 0.6) is 17.2 Å². The van der Waals surface area contributed by atoms with Crippen LogP contribution in [-0.4, -0.2) is 34.9 Å². The number of terminal acetylenes is 1. The van der Waals surface area contributed by atoms with E-state index in [4.69, 9.17) is 20.6 Å². The van der Waals surface area contributed by atoms with Crippen molar-refractivity contribution in [1.29, 1.82) is 0 Å². The zero-order valence-electron chi connectivity index (χ0n) is 10.6. The van der Waals surface area contributed by atoms with Gasteiger partial charge in [0, 0.05) is 24.9 Å². The summed E-state index contributed by atoms with van der Waals surface area (Å²) < 4.78 is 15.8. The number of benzene rings is 1. The largest absolute Gasteiger partial charge is 0.493 e. The molecular formula is C13H17NO3. The van der Waals surface area contributed by atoms with Crippen LogP contribution >= 0.6 is 0 Å². The molecule has 0 atom stereocenters. The second-order valence-electron chi connectivity index (χ2n) is 3.44. The van der Waals surface area contributed by atoms with E-state index in [1.807, 2.05) is 24.1 Å². The minimum Gasteiger partial charge on any atom is -0.493 e. The Labute approximate surface area is 102 Å². The van der Waals surface area contributed by atoms with E-state index in [0.717, 1.165) is 5.69 Å². The van der Waals surface area contributed by atoms with E-state index >= 15 is 0 Å². The van der Waals surface area contributed by atoms with Crippen molar-refractivity contribution < 1.29 is 14.2 Å². The number of methoxy groups -OCH3 is 3. The third-order valence-electron chi connectivity index (χ3n) is 2.42. The first-order valence-corrected chi connectivity index (χ1v) is 5.12. The van der Waals surface area contributed by atoms with Gasteiger partial charge in [0.2, 0.25) is 5.75 Å². The maximum atomic E-state index is 5.29. The number of hydrogen-bond acceptors (Lipinski definition) is 4. The maximum Gasteiger partial charge on any atom is 0.203 e. The lowest BCUT2D eigenvalue weighted by Gasteiger charge is -2.20. The molecule has 0 saturated carbocycles. The third kappa shape index (κ3) is 2.76. The molecule has 0 aliphatic rings. The van der Waals surface area contributed by atoms with Crippen molar-refractivity contribution in [3.8, 4) is 29.6 Å². The van der Waals surface area contributed by atoms with Crippen molar-refractivity contribution >= 4 is 5.69 Å². The molecule has 17 heavy (non-hydrogen) atoms. The average Bonchev–Trinajstić information content (AvgIpc) is 2.37. The highest BCUT2D eigenvalue weighted by atomic mass is 16.5. The first kappa shape index (κ1) is 13.0. The molecule has 4 nitrogen and oxygen atoms in total. The zero-order valence-corrected chi connectivity index (χ0v) is 10.6. The van der Waals surface area contributed by atoms with Crippen LogP contribution in [0.3, 0.4) is 0 Å². The molecule has 92 valence electrons. The fraction of sp³-hybridized carbons (Fsp3) is 0.385. The summed E-state index contributed by atoms with van der Waals surface area (Å²) in [6.07, 6.45) is 5.29. The van der Waals surface area contributed by atoms with Gasteiger partial charge in [0.05, 0.1) is 27.9 Å². The molecule has 0 aliphatic carbocycles. The summed E-state index contributed by atoms with van der Waals surface area (Å²) >= 11 is 0. The van der Waals surface area contributed by atoms with E-state index in [2.05, 4.69) is 5.92 Å². The van der Waals surface area contributed by atoms with E-state index in [-0.39, 0.29) is 0 Å². The van der Waals surface area contributed by atoms with E-state index < -0.39 is 0 Å². The number of hydrogen-bond donors (Lipinski definition) is 0. The number of ether oxygens (including phenoxy) is 3. The van der Waals surface area contributed by atoms with Crippen LogP contribution in [0.15, 0.2) is 12.1 Å². The predicted octanol–water partition coefficient (Wildman–Crippen LogP) is 1.78. The Kier molecular flexibility index (Phi) is 4.53.